The first-order valence-electron chi connectivity index (χ1n) is 8.42. The predicted octanol–water partition coefficient (Wildman–Crippen LogP) is 2.76. The Bertz CT molecular complexity index is 507. The summed E-state index contributed by atoms with van der Waals surface area (Å²) in [6.07, 6.45) is 6.52. The third-order valence-corrected chi connectivity index (χ3v) is 4.72. The largest absolute Gasteiger partial charge is 0.492 e. The number of aliphatic hydroxyl groups is 1. The summed E-state index contributed by atoms with van der Waals surface area (Å²) >= 11 is 0. The molecule has 3 rings (SSSR count). The first kappa shape index (κ1) is 15.3. The van der Waals surface area contributed by atoms with Gasteiger partial charge in [-0.3, -0.25) is 4.79 Å². The van der Waals surface area contributed by atoms with Gasteiger partial charge in [0.2, 0.25) is 0 Å². The molecule has 0 radical (unpaired) electrons. The summed E-state index contributed by atoms with van der Waals surface area (Å²) in [5.41, 5.74) is 0.557. The van der Waals surface area contributed by atoms with E-state index in [2.05, 4.69) is 5.32 Å². The normalized spacial score (nSPS) is 19.9. The van der Waals surface area contributed by atoms with Gasteiger partial charge in [-0.15, -0.1) is 0 Å². The predicted molar refractivity (Wildman–Crippen MR) is 85.0 cm³/mol. The van der Waals surface area contributed by atoms with Crippen LogP contribution in [-0.2, 0) is 0 Å². The van der Waals surface area contributed by atoms with Crippen molar-refractivity contribution in [1.82, 2.24) is 5.32 Å². The molecule has 2 aliphatic rings. The lowest BCUT2D eigenvalue weighted by Gasteiger charge is -2.18. The molecule has 2 fully saturated rings. The molecule has 1 aromatic carbocycles. The number of rotatable bonds is 7. The first-order valence-corrected chi connectivity index (χ1v) is 8.42. The standard InChI is InChI=1S/C18H25NO3/c20-16(14-5-1-2-6-14)11-19-18(21)15-7-3-4-8-17(15)22-12-13-9-10-13/h3-4,7-8,13-14,16,20H,1-2,5-6,9-12H2,(H,19,21). The molecular weight excluding hydrogens is 278 g/mol. The molecule has 1 aromatic rings. The Hall–Kier alpha value is -1.55. The quantitative estimate of drug-likeness (QED) is 0.814. The van der Waals surface area contributed by atoms with Gasteiger partial charge in [0.25, 0.3) is 5.91 Å². The van der Waals surface area contributed by atoms with Crippen LogP contribution in [-0.4, -0.2) is 30.3 Å². The minimum absolute atomic E-state index is 0.163. The number of ether oxygens (including phenoxy) is 1. The number of para-hydroxylation sites is 1. The molecule has 0 spiro atoms. The van der Waals surface area contributed by atoms with Gasteiger partial charge in [0, 0.05) is 6.54 Å². The topological polar surface area (TPSA) is 58.6 Å². The van der Waals surface area contributed by atoms with Gasteiger partial charge in [0.05, 0.1) is 18.3 Å². The maximum absolute atomic E-state index is 12.3. The summed E-state index contributed by atoms with van der Waals surface area (Å²) < 4.78 is 5.77. The highest BCUT2D eigenvalue weighted by atomic mass is 16.5. The molecule has 4 heteroatoms. The fourth-order valence-corrected chi connectivity index (χ4v) is 3.07. The van der Waals surface area contributed by atoms with Gasteiger partial charge >= 0.3 is 0 Å². The fourth-order valence-electron chi connectivity index (χ4n) is 3.07. The van der Waals surface area contributed by atoms with Gasteiger partial charge in [-0.2, -0.15) is 0 Å². The molecule has 2 N–H and O–H groups in total. The van der Waals surface area contributed by atoms with Crippen LogP contribution in [0.2, 0.25) is 0 Å². The summed E-state index contributed by atoms with van der Waals surface area (Å²) in [5, 5.41) is 13.0. The summed E-state index contributed by atoms with van der Waals surface area (Å²) in [7, 11) is 0. The van der Waals surface area contributed by atoms with Crippen molar-refractivity contribution in [2.45, 2.75) is 44.6 Å². The van der Waals surface area contributed by atoms with E-state index < -0.39 is 6.10 Å². The average Bonchev–Trinajstić information content (AvgIpc) is 3.21. The fraction of sp³-hybridized carbons (Fsp3) is 0.611. The van der Waals surface area contributed by atoms with Crippen molar-refractivity contribution in [2.75, 3.05) is 13.2 Å². The zero-order valence-electron chi connectivity index (χ0n) is 13.0. The van der Waals surface area contributed by atoms with Gasteiger partial charge in [0.15, 0.2) is 0 Å². The third kappa shape index (κ3) is 4.01. The Morgan fingerprint density at radius 1 is 1.23 bits per heavy atom. The van der Waals surface area contributed by atoms with Crippen LogP contribution in [0.5, 0.6) is 5.75 Å². The van der Waals surface area contributed by atoms with Gasteiger partial charge in [-0.25, -0.2) is 0 Å². The van der Waals surface area contributed by atoms with Crippen LogP contribution in [0, 0.1) is 11.8 Å². The summed E-state index contributed by atoms with van der Waals surface area (Å²) in [6, 6.07) is 7.34. The van der Waals surface area contributed by atoms with Gasteiger partial charge in [-0.05, 0) is 49.7 Å². The highest BCUT2D eigenvalue weighted by Gasteiger charge is 2.25. The number of hydrogen-bond acceptors (Lipinski definition) is 3. The van der Waals surface area contributed by atoms with E-state index in [1.165, 1.54) is 25.7 Å². The summed E-state index contributed by atoms with van der Waals surface area (Å²) in [4.78, 5) is 12.3. The lowest BCUT2D eigenvalue weighted by atomic mass is 10.0. The van der Waals surface area contributed by atoms with Crippen molar-refractivity contribution in [2.24, 2.45) is 11.8 Å². The Morgan fingerprint density at radius 3 is 2.68 bits per heavy atom. The number of nitrogens with one attached hydrogen (secondary N) is 1. The molecule has 2 aliphatic carbocycles. The van der Waals surface area contributed by atoms with Crippen molar-refractivity contribution in [3.8, 4) is 5.75 Å². The average molecular weight is 303 g/mol. The van der Waals surface area contributed by atoms with Crippen molar-refractivity contribution in [1.29, 1.82) is 0 Å². The van der Waals surface area contributed by atoms with Crippen LogP contribution in [0.25, 0.3) is 0 Å². The van der Waals surface area contributed by atoms with Crippen LogP contribution in [0.3, 0.4) is 0 Å². The molecule has 0 bridgehead atoms. The molecule has 0 aromatic heterocycles. The maximum Gasteiger partial charge on any atom is 0.255 e. The van der Waals surface area contributed by atoms with Gasteiger partial charge < -0.3 is 15.2 Å². The second-order valence-electron chi connectivity index (χ2n) is 6.57. The Kier molecular flexibility index (Phi) is 4.98. The molecule has 1 atom stereocenters. The van der Waals surface area contributed by atoms with E-state index in [9.17, 15) is 9.90 Å². The zero-order chi connectivity index (χ0) is 15.4. The number of hydrogen-bond donors (Lipinski definition) is 2. The van der Waals surface area contributed by atoms with Crippen LogP contribution < -0.4 is 10.1 Å². The Labute approximate surface area is 131 Å². The van der Waals surface area contributed by atoms with Crippen molar-refractivity contribution in [3.63, 3.8) is 0 Å². The number of aliphatic hydroxyl groups excluding tert-OH is 1. The smallest absolute Gasteiger partial charge is 0.255 e. The molecule has 0 saturated heterocycles. The van der Waals surface area contributed by atoms with E-state index >= 15 is 0 Å². The van der Waals surface area contributed by atoms with E-state index in [0.29, 0.717) is 36.3 Å². The van der Waals surface area contributed by atoms with Crippen LogP contribution in [0.15, 0.2) is 24.3 Å². The van der Waals surface area contributed by atoms with Crippen LogP contribution in [0.4, 0.5) is 0 Å². The lowest BCUT2D eigenvalue weighted by molar-refractivity contribution is 0.0837. The molecule has 2 saturated carbocycles. The lowest BCUT2D eigenvalue weighted by Crippen LogP contribution is -2.35. The van der Waals surface area contributed by atoms with E-state index in [1.54, 1.807) is 6.07 Å². The molecule has 120 valence electrons. The van der Waals surface area contributed by atoms with E-state index in [1.807, 2.05) is 18.2 Å². The summed E-state index contributed by atoms with van der Waals surface area (Å²) in [6.45, 7) is 1.01. The Balaban J connectivity index is 1.54. The molecule has 4 nitrogen and oxygen atoms in total. The minimum atomic E-state index is -0.439. The van der Waals surface area contributed by atoms with Crippen LogP contribution in [0.1, 0.15) is 48.9 Å². The number of carbonyl (C=O) groups is 1. The third-order valence-electron chi connectivity index (χ3n) is 4.72. The Morgan fingerprint density at radius 2 is 1.95 bits per heavy atom. The highest BCUT2D eigenvalue weighted by molar-refractivity contribution is 5.96. The number of benzene rings is 1. The zero-order valence-corrected chi connectivity index (χ0v) is 13.0. The first-order chi connectivity index (χ1) is 10.7. The maximum atomic E-state index is 12.3. The van der Waals surface area contributed by atoms with E-state index in [-0.39, 0.29) is 5.91 Å². The molecule has 1 amide bonds. The second-order valence-corrected chi connectivity index (χ2v) is 6.57. The molecule has 1 unspecified atom stereocenters. The van der Waals surface area contributed by atoms with Crippen molar-refractivity contribution in [3.05, 3.63) is 29.8 Å². The van der Waals surface area contributed by atoms with Crippen molar-refractivity contribution < 1.29 is 14.6 Å². The van der Waals surface area contributed by atoms with Crippen molar-refractivity contribution >= 4 is 5.91 Å². The van der Waals surface area contributed by atoms with Crippen LogP contribution >= 0.6 is 0 Å². The number of carbonyl (C=O) groups excluding carboxylic acids is 1. The minimum Gasteiger partial charge on any atom is -0.492 e. The highest BCUT2D eigenvalue weighted by Crippen LogP contribution is 2.30. The molecule has 22 heavy (non-hydrogen) atoms. The number of amides is 1. The van der Waals surface area contributed by atoms with Gasteiger partial charge in [0.1, 0.15) is 5.75 Å². The monoisotopic (exact) mass is 303 g/mol. The van der Waals surface area contributed by atoms with Gasteiger partial charge in [-0.1, -0.05) is 25.0 Å². The summed E-state index contributed by atoms with van der Waals surface area (Å²) in [5.74, 6) is 1.47. The SMILES string of the molecule is O=C(NCC(O)C1CCCC1)c1ccccc1OCC1CC1. The molecular formula is C18H25NO3. The molecule has 0 heterocycles. The van der Waals surface area contributed by atoms with E-state index in [4.69, 9.17) is 4.74 Å². The molecule has 0 aliphatic heterocycles. The second kappa shape index (κ2) is 7.14. The van der Waals surface area contributed by atoms with E-state index in [0.717, 1.165) is 12.8 Å².